The van der Waals surface area contributed by atoms with Crippen LogP contribution >= 0.6 is 0 Å². The van der Waals surface area contributed by atoms with Crippen molar-refractivity contribution in [2.24, 2.45) is 0 Å². The first kappa shape index (κ1) is 23.8. The molecule has 0 bridgehead atoms. The summed E-state index contributed by atoms with van der Waals surface area (Å²) in [5.74, 6) is -0.127. The highest BCUT2D eigenvalue weighted by molar-refractivity contribution is 5.83. The quantitative estimate of drug-likeness (QED) is 0.625. The third-order valence-electron chi connectivity index (χ3n) is 6.43. The fourth-order valence-corrected chi connectivity index (χ4v) is 4.72. The minimum absolute atomic E-state index is 0.00343. The van der Waals surface area contributed by atoms with Crippen molar-refractivity contribution in [3.63, 3.8) is 0 Å². The molecule has 3 aliphatic heterocycles. The highest BCUT2D eigenvalue weighted by Gasteiger charge is 2.43. The number of alkyl halides is 3. The Kier molecular flexibility index (Phi) is 7.40. The lowest BCUT2D eigenvalue weighted by Gasteiger charge is -2.37. The second kappa shape index (κ2) is 10.3. The van der Waals surface area contributed by atoms with Crippen LogP contribution in [0.15, 0.2) is 24.3 Å². The predicted molar refractivity (Wildman–Crippen MR) is 112 cm³/mol. The van der Waals surface area contributed by atoms with Crippen LogP contribution in [0.1, 0.15) is 24.8 Å². The van der Waals surface area contributed by atoms with Crippen molar-refractivity contribution in [3.05, 3.63) is 29.8 Å². The van der Waals surface area contributed by atoms with Crippen molar-refractivity contribution in [3.8, 4) is 5.75 Å². The molecule has 8 nitrogen and oxygen atoms in total. The molecule has 0 saturated carbocycles. The van der Waals surface area contributed by atoms with E-state index in [1.165, 1.54) is 12.1 Å². The van der Waals surface area contributed by atoms with Crippen LogP contribution < -0.4 is 15.4 Å². The van der Waals surface area contributed by atoms with E-state index in [9.17, 15) is 22.8 Å². The number of hydrogen-bond acceptors (Lipinski definition) is 6. The molecular formula is C22H29F3N4O4. The zero-order valence-electron chi connectivity index (χ0n) is 18.3. The van der Waals surface area contributed by atoms with Crippen LogP contribution in [0.5, 0.6) is 5.75 Å². The fraction of sp³-hybridized carbons (Fsp3) is 0.636. The Morgan fingerprint density at radius 3 is 2.64 bits per heavy atom. The molecule has 2 amide bonds. The molecule has 3 heterocycles. The molecule has 2 N–H and O–H groups in total. The van der Waals surface area contributed by atoms with Crippen molar-refractivity contribution in [1.29, 1.82) is 0 Å². The van der Waals surface area contributed by atoms with E-state index in [0.717, 1.165) is 5.56 Å². The molecule has 0 radical (unpaired) electrons. The van der Waals surface area contributed by atoms with Crippen LogP contribution in [-0.2, 0) is 20.9 Å². The van der Waals surface area contributed by atoms with Gasteiger partial charge in [-0.15, -0.1) is 13.2 Å². The molecule has 3 unspecified atom stereocenters. The topological polar surface area (TPSA) is 83.1 Å². The summed E-state index contributed by atoms with van der Waals surface area (Å²) in [6.45, 7) is 4.08. The third-order valence-corrected chi connectivity index (χ3v) is 6.43. The fourth-order valence-electron chi connectivity index (χ4n) is 4.72. The van der Waals surface area contributed by atoms with E-state index < -0.39 is 6.36 Å². The van der Waals surface area contributed by atoms with Gasteiger partial charge in [-0.2, -0.15) is 0 Å². The second-order valence-electron chi connectivity index (χ2n) is 8.65. The lowest BCUT2D eigenvalue weighted by molar-refractivity contribution is -0.274. The minimum Gasteiger partial charge on any atom is -0.406 e. The van der Waals surface area contributed by atoms with E-state index in [2.05, 4.69) is 20.3 Å². The van der Waals surface area contributed by atoms with Gasteiger partial charge in [-0.3, -0.25) is 14.5 Å². The summed E-state index contributed by atoms with van der Waals surface area (Å²) < 4.78 is 46.1. The SMILES string of the molecule is O=C1NCC(CCC(=O)N2CCOCC2)N2CC(NCc3ccc(OC(F)(F)F)cc3)CC12. The molecule has 11 heteroatoms. The van der Waals surface area contributed by atoms with Gasteiger partial charge < -0.3 is 25.0 Å². The summed E-state index contributed by atoms with van der Waals surface area (Å²) >= 11 is 0. The summed E-state index contributed by atoms with van der Waals surface area (Å²) in [6, 6.07) is 5.69. The molecule has 3 aliphatic rings. The van der Waals surface area contributed by atoms with Crippen molar-refractivity contribution in [2.45, 2.75) is 50.3 Å². The Morgan fingerprint density at radius 1 is 1.21 bits per heavy atom. The predicted octanol–water partition coefficient (Wildman–Crippen LogP) is 1.26. The summed E-state index contributed by atoms with van der Waals surface area (Å²) in [5.41, 5.74) is 0.825. The highest BCUT2D eigenvalue weighted by atomic mass is 19.4. The first-order chi connectivity index (χ1) is 15.8. The number of fused-ring (bicyclic) bond motifs is 1. The average Bonchev–Trinajstić information content (AvgIpc) is 3.23. The molecule has 33 heavy (non-hydrogen) atoms. The van der Waals surface area contributed by atoms with Gasteiger partial charge in [0.2, 0.25) is 11.8 Å². The molecule has 3 fully saturated rings. The lowest BCUT2D eigenvalue weighted by Crippen LogP contribution is -2.58. The van der Waals surface area contributed by atoms with Gasteiger partial charge in [0.15, 0.2) is 0 Å². The van der Waals surface area contributed by atoms with Crippen LogP contribution in [0, 0.1) is 0 Å². The van der Waals surface area contributed by atoms with Crippen LogP contribution in [0.3, 0.4) is 0 Å². The van der Waals surface area contributed by atoms with Gasteiger partial charge in [0.05, 0.1) is 19.3 Å². The minimum atomic E-state index is -4.71. The molecule has 3 saturated heterocycles. The van der Waals surface area contributed by atoms with Crippen LogP contribution in [0.25, 0.3) is 0 Å². The normalized spacial score (nSPS) is 26.1. The molecule has 4 rings (SSSR count). The number of hydrogen-bond donors (Lipinski definition) is 2. The van der Waals surface area contributed by atoms with Crippen LogP contribution in [-0.4, -0.2) is 85.5 Å². The number of carbonyl (C=O) groups is 2. The smallest absolute Gasteiger partial charge is 0.406 e. The molecule has 0 aliphatic carbocycles. The van der Waals surface area contributed by atoms with E-state index in [4.69, 9.17) is 4.74 Å². The van der Waals surface area contributed by atoms with E-state index in [1.54, 1.807) is 12.1 Å². The Bertz CT molecular complexity index is 830. The molecule has 1 aromatic rings. The largest absolute Gasteiger partial charge is 0.573 e. The number of benzene rings is 1. The van der Waals surface area contributed by atoms with Gasteiger partial charge in [0.25, 0.3) is 0 Å². The maximum atomic E-state index is 12.5. The van der Waals surface area contributed by atoms with E-state index >= 15 is 0 Å². The van der Waals surface area contributed by atoms with Crippen LogP contribution in [0.4, 0.5) is 13.2 Å². The van der Waals surface area contributed by atoms with Gasteiger partial charge in [-0.1, -0.05) is 12.1 Å². The number of piperazine rings is 1. The molecule has 1 aromatic carbocycles. The summed E-state index contributed by atoms with van der Waals surface area (Å²) in [5, 5.41) is 6.37. The van der Waals surface area contributed by atoms with Gasteiger partial charge in [0.1, 0.15) is 5.75 Å². The van der Waals surface area contributed by atoms with Crippen molar-refractivity contribution >= 4 is 11.8 Å². The lowest BCUT2D eigenvalue weighted by atomic mass is 10.0. The second-order valence-corrected chi connectivity index (χ2v) is 8.65. The van der Waals surface area contributed by atoms with E-state index in [1.807, 2.05) is 4.90 Å². The number of nitrogens with one attached hydrogen (secondary N) is 2. The molecule has 0 aromatic heterocycles. The van der Waals surface area contributed by atoms with Crippen LogP contribution in [0.2, 0.25) is 0 Å². The van der Waals surface area contributed by atoms with Gasteiger partial charge >= 0.3 is 6.36 Å². The number of rotatable bonds is 7. The highest BCUT2D eigenvalue weighted by Crippen LogP contribution is 2.27. The van der Waals surface area contributed by atoms with Gasteiger partial charge in [0, 0.05) is 51.2 Å². The average molecular weight is 470 g/mol. The van der Waals surface area contributed by atoms with Gasteiger partial charge in [-0.05, 0) is 30.5 Å². The third kappa shape index (κ3) is 6.36. The molecular weight excluding hydrogens is 441 g/mol. The zero-order valence-corrected chi connectivity index (χ0v) is 18.3. The number of nitrogens with zero attached hydrogens (tertiary/aromatic N) is 2. The standard InChI is InChI=1S/C22H29F3N4O4/c23-22(24,25)33-18-4-1-15(2-5-18)12-26-16-11-19-21(31)27-13-17(29(19)14-16)3-6-20(30)28-7-9-32-10-8-28/h1-2,4-5,16-17,19,26H,3,6-14H2,(H,27,31). The number of amides is 2. The van der Waals surface area contributed by atoms with E-state index in [-0.39, 0.29) is 35.7 Å². The van der Waals surface area contributed by atoms with E-state index in [0.29, 0.717) is 65.2 Å². The molecule has 3 atom stereocenters. The van der Waals surface area contributed by atoms with Gasteiger partial charge in [-0.25, -0.2) is 0 Å². The van der Waals surface area contributed by atoms with Crippen molar-refractivity contribution < 1.29 is 32.2 Å². The number of carbonyl (C=O) groups excluding carboxylic acids is 2. The maximum Gasteiger partial charge on any atom is 0.573 e. The maximum absolute atomic E-state index is 12.5. The monoisotopic (exact) mass is 470 g/mol. The summed E-state index contributed by atoms with van der Waals surface area (Å²) in [4.78, 5) is 28.9. The Labute approximate surface area is 190 Å². The Morgan fingerprint density at radius 2 is 1.94 bits per heavy atom. The summed E-state index contributed by atoms with van der Waals surface area (Å²) in [7, 11) is 0. The summed E-state index contributed by atoms with van der Waals surface area (Å²) in [6.07, 6.45) is -2.94. The number of halogens is 3. The molecule has 0 spiro atoms. The first-order valence-electron chi connectivity index (χ1n) is 11.3. The van der Waals surface area contributed by atoms with Crippen molar-refractivity contribution in [2.75, 3.05) is 39.4 Å². The Hall–Kier alpha value is -2.37. The Balaban J connectivity index is 1.27. The number of ether oxygens (including phenoxy) is 2. The van der Waals surface area contributed by atoms with Crippen molar-refractivity contribution in [1.82, 2.24) is 20.4 Å². The first-order valence-corrected chi connectivity index (χ1v) is 11.3. The zero-order chi connectivity index (χ0) is 23.4. The number of morpholine rings is 1. The molecule has 182 valence electrons.